The topological polar surface area (TPSA) is 68.3 Å². The number of hydrogen-bond acceptors (Lipinski definition) is 3. The van der Waals surface area contributed by atoms with Crippen molar-refractivity contribution in [1.29, 1.82) is 0 Å². The smallest absolute Gasteiger partial charge is 0.335 e. The molecule has 0 aliphatic heterocycles. The molecule has 2 aromatic heterocycles. The van der Waals surface area contributed by atoms with E-state index >= 15 is 0 Å². The van der Waals surface area contributed by atoms with E-state index < -0.39 is 5.97 Å². The van der Waals surface area contributed by atoms with Crippen molar-refractivity contribution in [1.82, 2.24) is 9.55 Å². The van der Waals surface area contributed by atoms with Gasteiger partial charge in [-0.3, -0.25) is 0 Å². The van der Waals surface area contributed by atoms with Crippen LogP contribution in [0.5, 0.6) is 0 Å². The minimum Gasteiger partial charge on any atom is -0.478 e. The first-order valence-corrected chi connectivity index (χ1v) is 6.80. The molecular weight excluding hydrogens is 268 g/mol. The Morgan fingerprint density at radius 3 is 2.90 bits per heavy atom. The number of furan rings is 1. The quantitative estimate of drug-likeness (QED) is 0.796. The van der Waals surface area contributed by atoms with Gasteiger partial charge >= 0.3 is 5.97 Å². The SMILES string of the molecule is Cc1nc2ccc(C(=O)O)cc2n1C(C)Cc1ccco1. The van der Waals surface area contributed by atoms with Crippen LogP contribution in [0.1, 0.15) is 34.9 Å². The zero-order valence-electron chi connectivity index (χ0n) is 11.9. The van der Waals surface area contributed by atoms with Crippen LogP contribution in [0.3, 0.4) is 0 Å². The van der Waals surface area contributed by atoms with Gasteiger partial charge in [-0.2, -0.15) is 0 Å². The van der Waals surface area contributed by atoms with Gasteiger partial charge in [0.05, 0.1) is 22.9 Å². The van der Waals surface area contributed by atoms with Crippen LogP contribution in [-0.2, 0) is 6.42 Å². The number of aromatic carboxylic acids is 1. The number of carboxylic acids is 1. The summed E-state index contributed by atoms with van der Waals surface area (Å²) in [5.74, 6) is 0.839. The second kappa shape index (κ2) is 5.09. The maximum atomic E-state index is 11.1. The molecule has 0 aliphatic rings. The molecule has 0 aliphatic carbocycles. The van der Waals surface area contributed by atoms with Crippen LogP contribution < -0.4 is 0 Å². The maximum Gasteiger partial charge on any atom is 0.335 e. The Kier molecular flexibility index (Phi) is 3.25. The Labute approximate surface area is 121 Å². The largest absolute Gasteiger partial charge is 0.478 e. The molecule has 0 amide bonds. The second-order valence-corrected chi connectivity index (χ2v) is 5.17. The predicted octanol–water partition coefficient (Wildman–Crippen LogP) is 3.44. The number of hydrogen-bond donors (Lipinski definition) is 1. The van der Waals surface area contributed by atoms with E-state index in [1.54, 1.807) is 24.5 Å². The third-order valence-electron chi connectivity index (χ3n) is 3.63. The van der Waals surface area contributed by atoms with E-state index in [4.69, 9.17) is 9.52 Å². The van der Waals surface area contributed by atoms with E-state index in [0.717, 1.165) is 29.0 Å². The summed E-state index contributed by atoms with van der Waals surface area (Å²) in [6, 6.07) is 8.94. The molecule has 2 heterocycles. The van der Waals surface area contributed by atoms with Crippen molar-refractivity contribution in [3.05, 3.63) is 53.7 Å². The molecule has 0 spiro atoms. The summed E-state index contributed by atoms with van der Waals surface area (Å²) in [6.07, 6.45) is 2.39. The second-order valence-electron chi connectivity index (χ2n) is 5.17. The number of imidazole rings is 1. The zero-order chi connectivity index (χ0) is 15.0. The van der Waals surface area contributed by atoms with Crippen molar-refractivity contribution < 1.29 is 14.3 Å². The molecule has 1 unspecified atom stereocenters. The van der Waals surface area contributed by atoms with Crippen LogP contribution in [0, 0.1) is 6.92 Å². The first-order valence-electron chi connectivity index (χ1n) is 6.80. The molecule has 1 N–H and O–H groups in total. The number of carboxylic acid groups (broad SMARTS) is 1. The molecule has 0 saturated heterocycles. The third-order valence-corrected chi connectivity index (χ3v) is 3.63. The van der Waals surface area contributed by atoms with E-state index in [-0.39, 0.29) is 11.6 Å². The fourth-order valence-corrected chi connectivity index (χ4v) is 2.71. The van der Waals surface area contributed by atoms with Gasteiger partial charge in [-0.05, 0) is 44.2 Å². The Balaban J connectivity index is 2.05. The summed E-state index contributed by atoms with van der Waals surface area (Å²) < 4.78 is 7.45. The van der Waals surface area contributed by atoms with Crippen LogP contribution in [-0.4, -0.2) is 20.6 Å². The van der Waals surface area contributed by atoms with Gasteiger partial charge in [0.25, 0.3) is 0 Å². The van der Waals surface area contributed by atoms with Crippen molar-refractivity contribution in [3.8, 4) is 0 Å². The maximum absolute atomic E-state index is 11.1. The molecule has 0 radical (unpaired) electrons. The van der Waals surface area contributed by atoms with Crippen LogP contribution in [0.25, 0.3) is 11.0 Å². The number of carbonyl (C=O) groups is 1. The molecule has 0 fully saturated rings. The monoisotopic (exact) mass is 284 g/mol. The average Bonchev–Trinajstić information content (AvgIpc) is 3.03. The van der Waals surface area contributed by atoms with Crippen LogP contribution in [0.4, 0.5) is 0 Å². The summed E-state index contributed by atoms with van der Waals surface area (Å²) in [5.41, 5.74) is 1.92. The van der Waals surface area contributed by atoms with Crippen LogP contribution >= 0.6 is 0 Å². The van der Waals surface area contributed by atoms with E-state index in [0.29, 0.717) is 0 Å². The minimum absolute atomic E-state index is 0.130. The van der Waals surface area contributed by atoms with Crippen molar-refractivity contribution >= 4 is 17.0 Å². The van der Waals surface area contributed by atoms with Gasteiger partial charge in [-0.25, -0.2) is 9.78 Å². The summed E-state index contributed by atoms with van der Waals surface area (Å²) in [4.78, 5) is 15.6. The summed E-state index contributed by atoms with van der Waals surface area (Å²) in [6.45, 7) is 4.00. The number of nitrogens with zero attached hydrogens (tertiary/aromatic N) is 2. The van der Waals surface area contributed by atoms with Crippen molar-refractivity contribution in [2.45, 2.75) is 26.3 Å². The van der Waals surface area contributed by atoms with Gasteiger partial charge in [-0.15, -0.1) is 0 Å². The lowest BCUT2D eigenvalue weighted by Gasteiger charge is -2.15. The Hall–Kier alpha value is -2.56. The third kappa shape index (κ3) is 2.42. The van der Waals surface area contributed by atoms with Crippen LogP contribution in [0.2, 0.25) is 0 Å². The molecule has 5 heteroatoms. The standard InChI is InChI=1S/C16H16N2O3/c1-10(8-13-4-3-7-21-13)18-11(2)17-14-6-5-12(16(19)20)9-15(14)18/h3-7,9-10H,8H2,1-2H3,(H,19,20). The fraction of sp³-hybridized carbons (Fsp3) is 0.250. The van der Waals surface area contributed by atoms with Gasteiger partial charge in [-0.1, -0.05) is 0 Å². The molecular formula is C16H16N2O3. The Morgan fingerprint density at radius 2 is 2.24 bits per heavy atom. The molecule has 5 nitrogen and oxygen atoms in total. The van der Waals surface area contributed by atoms with Crippen LogP contribution in [0.15, 0.2) is 41.0 Å². The lowest BCUT2D eigenvalue weighted by atomic mass is 10.1. The van der Waals surface area contributed by atoms with Gasteiger partial charge < -0.3 is 14.1 Å². The number of benzene rings is 1. The Bertz CT molecular complexity index is 787. The average molecular weight is 284 g/mol. The Morgan fingerprint density at radius 1 is 1.43 bits per heavy atom. The molecule has 3 rings (SSSR count). The summed E-state index contributed by atoms with van der Waals surface area (Å²) >= 11 is 0. The molecule has 1 aromatic carbocycles. The highest BCUT2D eigenvalue weighted by molar-refractivity contribution is 5.92. The van der Waals surface area contributed by atoms with Crippen molar-refractivity contribution in [2.75, 3.05) is 0 Å². The number of fused-ring (bicyclic) bond motifs is 1. The van der Waals surface area contributed by atoms with E-state index in [1.165, 1.54) is 0 Å². The molecule has 3 aromatic rings. The molecule has 0 bridgehead atoms. The summed E-state index contributed by atoms with van der Waals surface area (Å²) in [7, 11) is 0. The minimum atomic E-state index is -0.930. The number of rotatable bonds is 4. The van der Waals surface area contributed by atoms with E-state index in [1.807, 2.05) is 19.1 Å². The number of aryl methyl sites for hydroxylation is 1. The normalized spacial score (nSPS) is 12.7. The van der Waals surface area contributed by atoms with Gasteiger partial charge in [0.2, 0.25) is 0 Å². The molecule has 108 valence electrons. The summed E-state index contributed by atoms with van der Waals surface area (Å²) in [5, 5.41) is 9.14. The predicted molar refractivity (Wildman–Crippen MR) is 78.6 cm³/mol. The first kappa shape index (κ1) is 13.4. The van der Waals surface area contributed by atoms with Gasteiger partial charge in [0, 0.05) is 12.5 Å². The van der Waals surface area contributed by atoms with Crippen molar-refractivity contribution in [3.63, 3.8) is 0 Å². The first-order chi connectivity index (χ1) is 10.1. The van der Waals surface area contributed by atoms with E-state index in [9.17, 15) is 4.79 Å². The van der Waals surface area contributed by atoms with E-state index in [2.05, 4.69) is 16.5 Å². The highest BCUT2D eigenvalue weighted by Crippen LogP contribution is 2.24. The molecule has 21 heavy (non-hydrogen) atoms. The zero-order valence-corrected chi connectivity index (χ0v) is 11.9. The molecule has 1 atom stereocenters. The lowest BCUT2D eigenvalue weighted by Crippen LogP contribution is -2.10. The van der Waals surface area contributed by atoms with Crippen molar-refractivity contribution in [2.24, 2.45) is 0 Å². The highest BCUT2D eigenvalue weighted by atomic mass is 16.4. The van der Waals surface area contributed by atoms with Gasteiger partial charge in [0.15, 0.2) is 0 Å². The number of aromatic nitrogens is 2. The highest BCUT2D eigenvalue weighted by Gasteiger charge is 2.16. The molecule has 0 saturated carbocycles. The fourth-order valence-electron chi connectivity index (χ4n) is 2.71. The van der Waals surface area contributed by atoms with Gasteiger partial charge in [0.1, 0.15) is 11.6 Å². The lowest BCUT2D eigenvalue weighted by molar-refractivity contribution is 0.0697.